The number of nitrogens with zero attached hydrogens (tertiary/aromatic N) is 3. The van der Waals surface area contributed by atoms with Crippen LogP contribution in [0.3, 0.4) is 0 Å². The summed E-state index contributed by atoms with van der Waals surface area (Å²) in [5.74, 6) is 0.445. The first-order valence-corrected chi connectivity index (χ1v) is 8.74. The lowest BCUT2D eigenvalue weighted by molar-refractivity contribution is 0.0714. The molecule has 1 aliphatic rings. The fourth-order valence-corrected chi connectivity index (χ4v) is 3.32. The van der Waals surface area contributed by atoms with Gasteiger partial charge in [0.1, 0.15) is 11.4 Å². The highest BCUT2D eigenvalue weighted by atomic mass is 32.1. The minimum atomic E-state index is -0.0668. The highest BCUT2D eigenvalue weighted by Gasteiger charge is 2.25. The molecule has 0 N–H and O–H groups in total. The zero-order chi connectivity index (χ0) is 16.9. The molecule has 1 aromatic heterocycles. The Hall–Kier alpha value is -2.41. The molecular formula is C17H19N3O3S. The van der Waals surface area contributed by atoms with Crippen molar-refractivity contribution in [1.29, 1.82) is 0 Å². The predicted octanol–water partition coefficient (Wildman–Crippen LogP) is 2.14. The van der Waals surface area contributed by atoms with Crippen molar-refractivity contribution in [2.45, 2.75) is 6.42 Å². The van der Waals surface area contributed by atoms with Gasteiger partial charge < -0.3 is 14.5 Å². The largest absolute Gasteiger partial charge is 0.496 e. The molecule has 3 rings (SSSR count). The second kappa shape index (κ2) is 7.44. The van der Waals surface area contributed by atoms with Crippen LogP contribution in [0, 0.1) is 0 Å². The maximum Gasteiger partial charge on any atom is 0.273 e. The summed E-state index contributed by atoms with van der Waals surface area (Å²) in [6.45, 7) is 2.27. The lowest BCUT2D eigenvalue weighted by Crippen LogP contribution is -2.37. The molecule has 24 heavy (non-hydrogen) atoms. The molecule has 6 nitrogen and oxygen atoms in total. The Morgan fingerprint density at radius 1 is 1.08 bits per heavy atom. The lowest BCUT2D eigenvalue weighted by atomic mass is 10.1. The molecule has 126 valence electrons. The van der Waals surface area contributed by atoms with Gasteiger partial charge in [-0.25, -0.2) is 4.98 Å². The van der Waals surface area contributed by atoms with Crippen LogP contribution < -0.4 is 4.74 Å². The Bertz CT molecular complexity index is 718. The second-order valence-electron chi connectivity index (χ2n) is 5.51. The Kier molecular flexibility index (Phi) is 5.10. The van der Waals surface area contributed by atoms with Crippen LogP contribution in [0.4, 0.5) is 0 Å². The number of para-hydroxylation sites is 1. The van der Waals surface area contributed by atoms with Crippen LogP contribution in [-0.2, 0) is 0 Å². The summed E-state index contributed by atoms with van der Waals surface area (Å²) in [5.41, 5.74) is 2.69. The Labute approximate surface area is 144 Å². The normalized spacial score (nSPS) is 15.0. The van der Waals surface area contributed by atoms with Gasteiger partial charge in [0.2, 0.25) is 0 Å². The Morgan fingerprint density at radius 2 is 1.79 bits per heavy atom. The Balaban J connectivity index is 1.69. The number of methoxy groups -OCH3 is 1. The molecule has 2 aromatic rings. The monoisotopic (exact) mass is 345 g/mol. The molecule has 0 bridgehead atoms. The zero-order valence-electron chi connectivity index (χ0n) is 13.5. The number of rotatable bonds is 3. The molecule has 0 saturated carbocycles. The molecule has 1 aliphatic heterocycles. The number of carbonyl (C=O) groups is 2. The molecule has 1 aromatic carbocycles. The van der Waals surface area contributed by atoms with Gasteiger partial charge in [-0.15, -0.1) is 11.3 Å². The minimum Gasteiger partial charge on any atom is -0.496 e. The summed E-state index contributed by atoms with van der Waals surface area (Å²) < 4.78 is 5.28. The fraction of sp³-hybridized carbons (Fsp3) is 0.353. The molecular weight excluding hydrogens is 326 g/mol. The van der Waals surface area contributed by atoms with Gasteiger partial charge in [-0.3, -0.25) is 9.59 Å². The van der Waals surface area contributed by atoms with Crippen LogP contribution in [0.5, 0.6) is 5.75 Å². The summed E-state index contributed by atoms with van der Waals surface area (Å²) in [6, 6.07) is 7.21. The fourth-order valence-electron chi connectivity index (χ4n) is 2.80. The highest BCUT2D eigenvalue weighted by molar-refractivity contribution is 7.07. The first-order valence-electron chi connectivity index (χ1n) is 7.80. The molecule has 7 heteroatoms. The van der Waals surface area contributed by atoms with E-state index in [1.807, 2.05) is 12.1 Å². The van der Waals surface area contributed by atoms with Gasteiger partial charge in [-0.1, -0.05) is 12.1 Å². The maximum atomic E-state index is 12.8. The van der Waals surface area contributed by atoms with E-state index in [-0.39, 0.29) is 11.8 Å². The quantitative estimate of drug-likeness (QED) is 0.855. The summed E-state index contributed by atoms with van der Waals surface area (Å²) in [5, 5.41) is 1.75. The van der Waals surface area contributed by atoms with Crippen molar-refractivity contribution < 1.29 is 14.3 Å². The van der Waals surface area contributed by atoms with Gasteiger partial charge >= 0.3 is 0 Å². The minimum absolute atomic E-state index is 0.0598. The SMILES string of the molecule is COc1ccccc1C(=O)N1CCCN(C(=O)c2cscn2)CC1. The number of thiazole rings is 1. The molecule has 0 unspecified atom stereocenters. The average Bonchev–Trinajstić information content (AvgIpc) is 3.05. The highest BCUT2D eigenvalue weighted by Crippen LogP contribution is 2.20. The molecule has 0 radical (unpaired) electrons. The van der Waals surface area contributed by atoms with Crippen LogP contribution in [0.2, 0.25) is 0 Å². The number of carbonyl (C=O) groups excluding carboxylic acids is 2. The second-order valence-corrected chi connectivity index (χ2v) is 6.23. The van der Waals surface area contributed by atoms with Crippen LogP contribution in [0.25, 0.3) is 0 Å². The van der Waals surface area contributed by atoms with E-state index < -0.39 is 0 Å². The number of hydrogen-bond donors (Lipinski definition) is 0. The van der Waals surface area contributed by atoms with Crippen LogP contribution in [-0.4, -0.2) is 59.9 Å². The predicted molar refractivity (Wildman–Crippen MR) is 91.5 cm³/mol. The summed E-state index contributed by atoms with van der Waals surface area (Å²) in [6.07, 6.45) is 0.747. The number of amides is 2. The van der Waals surface area contributed by atoms with Gasteiger partial charge in [0, 0.05) is 31.6 Å². The maximum absolute atomic E-state index is 12.8. The summed E-state index contributed by atoms with van der Waals surface area (Å²) >= 11 is 1.41. The van der Waals surface area contributed by atoms with E-state index in [1.165, 1.54) is 11.3 Å². The Morgan fingerprint density at radius 3 is 2.46 bits per heavy atom. The standard InChI is InChI=1S/C17H19N3O3S/c1-23-15-6-3-2-5-13(15)16(21)19-7-4-8-20(10-9-19)17(22)14-11-24-12-18-14/h2-3,5-6,11-12H,4,7-10H2,1H3. The van der Waals surface area contributed by atoms with Crippen LogP contribution in [0.15, 0.2) is 35.2 Å². The smallest absolute Gasteiger partial charge is 0.273 e. The van der Waals surface area contributed by atoms with E-state index in [1.54, 1.807) is 39.9 Å². The average molecular weight is 345 g/mol. The van der Waals surface area contributed by atoms with Gasteiger partial charge in [-0.05, 0) is 18.6 Å². The molecule has 2 amide bonds. The van der Waals surface area contributed by atoms with Crippen molar-refractivity contribution in [2.24, 2.45) is 0 Å². The van der Waals surface area contributed by atoms with Crippen molar-refractivity contribution in [2.75, 3.05) is 33.3 Å². The van der Waals surface area contributed by atoms with Crippen LogP contribution >= 0.6 is 11.3 Å². The summed E-state index contributed by atoms with van der Waals surface area (Å²) in [4.78, 5) is 32.8. The van der Waals surface area contributed by atoms with Crippen molar-refractivity contribution in [3.05, 3.63) is 46.4 Å². The van der Waals surface area contributed by atoms with Crippen molar-refractivity contribution in [3.63, 3.8) is 0 Å². The van der Waals surface area contributed by atoms with E-state index in [0.717, 1.165) is 6.42 Å². The van der Waals surface area contributed by atoms with Crippen molar-refractivity contribution in [3.8, 4) is 5.75 Å². The first kappa shape index (κ1) is 16.4. The van der Waals surface area contributed by atoms with E-state index in [0.29, 0.717) is 43.2 Å². The third-order valence-corrected chi connectivity index (χ3v) is 4.65. The van der Waals surface area contributed by atoms with E-state index in [4.69, 9.17) is 4.74 Å². The zero-order valence-corrected chi connectivity index (χ0v) is 14.3. The number of aromatic nitrogens is 1. The molecule has 0 spiro atoms. The number of hydrogen-bond acceptors (Lipinski definition) is 5. The van der Waals surface area contributed by atoms with Gasteiger partial charge in [0.05, 0.1) is 18.2 Å². The number of ether oxygens (including phenoxy) is 1. The van der Waals surface area contributed by atoms with E-state index in [9.17, 15) is 9.59 Å². The van der Waals surface area contributed by atoms with Crippen molar-refractivity contribution in [1.82, 2.24) is 14.8 Å². The van der Waals surface area contributed by atoms with Crippen molar-refractivity contribution >= 4 is 23.2 Å². The number of benzene rings is 1. The molecule has 2 heterocycles. The van der Waals surface area contributed by atoms with Gasteiger partial charge in [-0.2, -0.15) is 0 Å². The van der Waals surface area contributed by atoms with Gasteiger partial charge in [0.15, 0.2) is 0 Å². The van der Waals surface area contributed by atoms with E-state index in [2.05, 4.69) is 4.98 Å². The lowest BCUT2D eigenvalue weighted by Gasteiger charge is -2.22. The summed E-state index contributed by atoms with van der Waals surface area (Å²) in [7, 11) is 1.56. The topological polar surface area (TPSA) is 62.7 Å². The van der Waals surface area contributed by atoms with Gasteiger partial charge in [0.25, 0.3) is 11.8 Å². The third-order valence-electron chi connectivity index (χ3n) is 4.06. The molecule has 1 saturated heterocycles. The third kappa shape index (κ3) is 3.41. The molecule has 1 fully saturated rings. The van der Waals surface area contributed by atoms with Crippen LogP contribution in [0.1, 0.15) is 27.3 Å². The first-order chi connectivity index (χ1) is 11.7. The molecule has 0 aliphatic carbocycles. The van der Waals surface area contributed by atoms with E-state index >= 15 is 0 Å². The molecule has 0 atom stereocenters.